The number of carboxylic acids is 1. The number of aromatic hydroxyl groups is 1. The molecule has 8 N–H and O–H groups in total. The van der Waals surface area contributed by atoms with Crippen molar-refractivity contribution in [2.45, 2.75) is 24.9 Å². The van der Waals surface area contributed by atoms with Crippen molar-refractivity contribution >= 4 is 34.6 Å². The van der Waals surface area contributed by atoms with Crippen LogP contribution >= 0.6 is 0 Å². The maximum absolute atomic E-state index is 13.1. The fourth-order valence-electron chi connectivity index (χ4n) is 3.57. The Kier molecular flexibility index (Phi) is 8.41. The normalized spacial score (nSPS) is 12.5. The summed E-state index contributed by atoms with van der Waals surface area (Å²) < 4.78 is 0. The number of phenols is 1. The van der Waals surface area contributed by atoms with Crippen molar-refractivity contribution in [3.63, 3.8) is 0 Å². The van der Waals surface area contributed by atoms with Crippen LogP contribution in [0.4, 0.5) is 0 Å². The molecule has 0 saturated heterocycles. The van der Waals surface area contributed by atoms with E-state index in [4.69, 9.17) is 5.73 Å². The molecule has 0 aliphatic carbocycles. The summed E-state index contributed by atoms with van der Waals surface area (Å²) in [6, 6.07) is 11.0. The van der Waals surface area contributed by atoms with Crippen molar-refractivity contribution in [3.05, 3.63) is 65.9 Å². The lowest BCUT2D eigenvalue weighted by molar-refractivity contribution is -0.142. The van der Waals surface area contributed by atoms with Crippen LogP contribution in [0.15, 0.2) is 54.7 Å². The van der Waals surface area contributed by atoms with Gasteiger partial charge in [-0.15, -0.1) is 0 Å². The first-order valence-corrected chi connectivity index (χ1v) is 10.9. The summed E-state index contributed by atoms with van der Waals surface area (Å²) in [5.74, 6) is -3.07. The van der Waals surface area contributed by atoms with Gasteiger partial charge in [0.05, 0.1) is 13.1 Å². The predicted octanol–water partition coefficient (Wildman–Crippen LogP) is -0.212. The van der Waals surface area contributed by atoms with Gasteiger partial charge in [-0.2, -0.15) is 0 Å². The van der Waals surface area contributed by atoms with Crippen molar-refractivity contribution in [2.24, 2.45) is 5.73 Å². The number of para-hydroxylation sites is 1. The van der Waals surface area contributed by atoms with Crippen LogP contribution in [0.1, 0.15) is 11.1 Å². The quantitative estimate of drug-likeness (QED) is 0.197. The van der Waals surface area contributed by atoms with Gasteiger partial charge in [-0.05, 0) is 29.3 Å². The average molecular weight is 482 g/mol. The van der Waals surface area contributed by atoms with Gasteiger partial charge < -0.3 is 36.9 Å². The highest BCUT2D eigenvalue weighted by molar-refractivity contribution is 5.93. The number of hydrogen-bond donors (Lipinski definition) is 7. The van der Waals surface area contributed by atoms with E-state index < -0.39 is 35.8 Å². The van der Waals surface area contributed by atoms with E-state index in [0.717, 1.165) is 16.5 Å². The molecule has 3 aromatic rings. The molecule has 3 amide bonds. The van der Waals surface area contributed by atoms with Gasteiger partial charge in [0.1, 0.15) is 17.8 Å². The third kappa shape index (κ3) is 7.05. The van der Waals surface area contributed by atoms with Crippen molar-refractivity contribution in [3.8, 4) is 5.75 Å². The lowest BCUT2D eigenvalue weighted by Gasteiger charge is -2.22. The molecule has 11 heteroatoms. The number of carbonyl (C=O) groups is 4. The maximum atomic E-state index is 13.1. The van der Waals surface area contributed by atoms with Gasteiger partial charge in [0, 0.05) is 29.9 Å². The molecule has 2 atom stereocenters. The molecule has 2 unspecified atom stereocenters. The van der Waals surface area contributed by atoms with E-state index in [2.05, 4.69) is 20.9 Å². The predicted molar refractivity (Wildman–Crippen MR) is 127 cm³/mol. The smallest absolute Gasteiger partial charge is 0.326 e. The zero-order valence-corrected chi connectivity index (χ0v) is 18.8. The molecule has 0 aliphatic rings. The van der Waals surface area contributed by atoms with Crippen molar-refractivity contribution in [1.29, 1.82) is 0 Å². The number of nitrogens with one attached hydrogen (secondary N) is 4. The van der Waals surface area contributed by atoms with E-state index in [1.165, 1.54) is 12.1 Å². The number of benzene rings is 2. The zero-order chi connectivity index (χ0) is 25.4. The Hall–Kier alpha value is -4.38. The number of H-pyrrole nitrogens is 1. The number of phenolic OH excluding ortho intramolecular Hbond substituents is 1. The first kappa shape index (κ1) is 25.2. The Morgan fingerprint density at radius 1 is 0.914 bits per heavy atom. The van der Waals surface area contributed by atoms with Gasteiger partial charge in [0.25, 0.3) is 0 Å². The van der Waals surface area contributed by atoms with Crippen LogP contribution < -0.4 is 21.7 Å². The van der Waals surface area contributed by atoms with Crippen LogP contribution in [-0.4, -0.2) is 64.1 Å². The molecule has 35 heavy (non-hydrogen) atoms. The molecule has 3 rings (SSSR count). The fourth-order valence-corrected chi connectivity index (χ4v) is 3.57. The Balaban J connectivity index is 1.77. The molecule has 1 aromatic heterocycles. The van der Waals surface area contributed by atoms with Gasteiger partial charge in [-0.25, -0.2) is 4.79 Å². The van der Waals surface area contributed by atoms with Crippen LogP contribution in [0.2, 0.25) is 0 Å². The molecule has 11 nitrogen and oxygen atoms in total. The van der Waals surface area contributed by atoms with E-state index in [9.17, 15) is 29.4 Å². The highest BCUT2D eigenvalue weighted by Crippen LogP contribution is 2.19. The van der Waals surface area contributed by atoms with Gasteiger partial charge >= 0.3 is 5.97 Å². The number of aliphatic carboxylic acids is 1. The lowest BCUT2D eigenvalue weighted by Crippen LogP contribution is -2.54. The molecule has 0 aliphatic heterocycles. The van der Waals surface area contributed by atoms with Gasteiger partial charge in [-0.1, -0.05) is 30.3 Å². The second kappa shape index (κ2) is 11.7. The molecule has 0 fully saturated rings. The van der Waals surface area contributed by atoms with Gasteiger partial charge in [0.2, 0.25) is 17.7 Å². The standard InChI is InChI=1S/C24H27N5O6/c25-11-21(31)27-13-22(32)28-19(10-15-12-26-18-4-2-1-3-17(15)18)23(33)29-20(24(34)35)9-14-5-7-16(30)8-6-14/h1-8,12,19-20,26,30H,9-11,13,25H2,(H,27,31)(H,28,32)(H,29,33)(H,34,35). The minimum Gasteiger partial charge on any atom is -0.508 e. The molecule has 0 bridgehead atoms. The van der Waals surface area contributed by atoms with E-state index in [0.29, 0.717) is 5.56 Å². The SMILES string of the molecule is NCC(=O)NCC(=O)NC(Cc1c[nH]c2ccccc12)C(=O)NC(Cc1ccc(O)cc1)C(=O)O. The number of carbonyl (C=O) groups excluding carboxylic acids is 3. The van der Waals surface area contributed by atoms with Crippen molar-refractivity contribution in [1.82, 2.24) is 20.9 Å². The Labute approximate surface area is 200 Å². The number of nitrogens with two attached hydrogens (primary N) is 1. The third-order valence-corrected chi connectivity index (χ3v) is 5.37. The zero-order valence-electron chi connectivity index (χ0n) is 18.8. The van der Waals surface area contributed by atoms with E-state index >= 15 is 0 Å². The second-order valence-corrected chi connectivity index (χ2v) is 7.93. The Morgan fingerprint density at radius 2 is 1.63 bits per heavy atom. The molecule has 184 valence electrons. The van der Waals surface area contributed by atoms with Crippen LogP contribution in [0.25, 0.3) is 10.9 Å². The first-order chi connectivity index (χ1) is 16.8. The molecule has 0 spiro atoms. The van der Waals surface area contributed by atoms with Gasteiger partial charge in [0.15, 0.2) is 0 Å². The van der Waals surface area contributed by atoms with Gasteiger partial charge in [-0.3, -0.25) is 14.4 Å². The molecular weight excluding hydrogens is 454 g/mol. The van der Waals surface area contributed by atoms with Crippen molar-refractivity contribution in [2.75, 3.05) is 13.1 Å². The maximum Gasteiger partial charge on any atom is 0.326 e. The third-order valence-electron chi connectivity index (χ3n) is 5.37. The van der Waals surface area contributed by atoms with Crippen LogP contribution in [0.3, 0.4) is 0 Å². The number of carboxylic acid groups (broad SMARTS) is 1. The molecule has 0 radical (unpaired) electrons. The van der Waals surface area contributed by atoms with Crippen LogP contribution in [0, 0.1) is 0 Å². The number of fused-ring (bicyclic) bond motifs is 1. The number of amides is 3. The van der Waals surface area contributed by atoms with Crippen LogP contribution in [0.5, 0.6) is 5.75 Å². The number of hydrogen-bond acceptors (Lipinski definition) is 6. The molecule has 1 heterocycles. The Morgan fingerprint density at radius 3 is 2.31 bits per heavy atom. The van der Waals surface area contributed by atoms with E-state index in [-0.39, 0.29) is 31.7 Å². The Bertz CT molecular complexity index is 1210. The summed E-state index contributed by atoms with van der Waals surface area (Å²) >= 11 is 0. The number of aromatic nitrogens is 1. The summed E-state index contributed by atoms with van der Waals surface area (Å²) in [7, 11) is 0. The number of aromatic amines is 1. The fraction of sp³-hybridized carbons (Fsp3) is 0.250. The monoisotopic (exact) mass is 481 g/mol. The van der Waals surface area contributed by atoms with Crippen LogP contribution in [-0.2, 0) is 32.0 Å². The second-order valence-electron chi connectivity index (χ2n) is 7.93. The summed E-state index contributed by atoms with van der Waals surface area (Å²) in [6.45, 7) is -0.673. The topological polar surface area (TPSA) is 187 Å². The van der Waals surface area contributed by atoms with Crippen molar-refractivity contribution < 1.29 is 29.4 Å². The highest BCUT2D eigenvalue weighted by atomic mass is 16.4. The largest absolute Gasteiger partial charge is 0.508 e. The highest BCUT2D eigenvalue weighted by Gasteiger charge is 2.28. The molecule has 0 saturated carbocycles. The minimum atomic E-state index is -1.27. The molecular formula is C24H27N5O6. The minimum absolute atomic E-state index is 0.0261. The number of rotatable bonds is 11. The first-order valence-electron chi connectivity index (χ1n) is 10.9. The summed E-state index contributed by atoms with van der Waals surface area (Å²) in [6.07, 6.45) is 1.78. The summed E-state index contributed by atoms with van der Waals surface area (Å²) in [5, 5.41) is 27.3. The summed E-state index contributed by atoms with van der Waals surface area (Å²) in [4.78, 5) is 51.9. The average Bonchev–Trinajstić information content (AvgIpc) is 3.25. The lowest BCUT2D eigenvalue weighted by atomic mass is 10.0. The van der Waals surface area contributed by atoms with E-state index in [1.807, 2.05) is 24.3 Å². The molecule has 2 aromatic carbocycles. The summed E-state index contributed by atoms with van der Waals surface area (Å²) in [5.41, 5.74) is 7.41. The van der Waals surface area contributed by atoms with E-state index in [1.54, 1.807) is 18.3 Å².